The molecule has 0 unspecified atom stereocenters. The highest BCUT2D eigenvalue weighted by Gasteiger charge is 2.28. The molecule has 2 aromatic rings. The standard InChI is InChI=1S/C18H21FN4/c19-14-3-1-2-13(10-14)17-16(23-8-6-15(20)7-9-23)11-21-18(22-17)12-4-5-12/h1-3,10-12,15H,4-9,20H2. The van der Waals surface area contributed by atoms with Gasteiger partial charge in [0, 0.05) is 30.6 Å². The van der Waals surface area contributed by atoms with Crippen LogP contribution < -0.4 is 10.6 Å². The maximum absolute atomic E-state index is 13.7. The van der Waals surface area contributed by atoms with E-state index in [1.807, 2.05) is 12.3 Å². The number of hydrogen-bond acceptors (Lipinski definition) is 4. The molecule has 1 aromatic carbocycles. The van der Waals surface area contributed by atoms with E-state index in [9.17, 15) is 4.39 Å². The summed E-state index contributed by atoms with van der Waals surface area (Å²) in [5, 5.41) is 0. The highest BCUT2D eigenvalue weighted by atomic mass is 19.1. The molecular weight excluding hydrogens is 291 g/mol. The fourth-order valence-corrected chi connectivity index (χ4v) is 3.15. The maximum Gasteiger partial charge on any atom is 0.132 e. The van der Waals surface area contributed by atoms with Crippen molar-refractivity contribution < 1.29 is 4.39 Å². The van der Waals surface area contributed by atoms with E-state index in [2.05, 4.69) is 9.88 Å². The number of piperidine rings is 1. The highest BCUT2D eigenvalue weighted by Crippen LogP contribution is 2.40. The molecular formula is C18H21FN4. The second-order valence-corrected chi connectivity index (χ2v) is 6.57. The third-order valence-electron chi connectivity index (χ3n) is 4.71. The summed E-state index contributed by atoms with van der Waals surface area (Å²) in [6, 6.07) is 6.95. The van der Waals surface area contributed by atoms with Gasteiger partial charge in [-0.2, -0.15) is 0 Å². The number of rotatable bonds is 3. The molecule has 1 saturated heterocycles. The fraction of sp³-hybridized carbons (Fsp3) is 0.444. The first-order valence-corrected chi connectivity index (χ1v) is 8.34. The van der Waals surface area contributed by atoms with Crippen LogP contribution in [-0.4, -0.2) is 29.1 Å². The van der Waals surface area contributed by atoms with Crippen LogP contribution in [0, 0.1) is 5.82 Å². The van der Waals surface area contributed by atoms with Crippen LogP contribution in [0.3, 0.4) is 0 Å². The van der Waals surface area contributed by atoms with Crippen LogP contribution in [0.25, 0.3) is 11.3 Å². The minimum atomic E-state index is -0.235. The van der Waals surface area contributed by atoms with Gasteiger partial charge in [-0.15, -0.1) is 0 Å². The van der Waals surface area contributed by atoms with Crippen LogP contribution in [0.4, 0.5) is 10.1 Å². The predicted octanol–water partition coefficient (Wildman–Crippen LogP) is 3.09. The first-order chi connectivity index (χ1) is 11.2. The molecule has 5 heteroatoms. The van der Waals surface area contributed by atoms with Crippen LogP contribution in [0.1, 0.15) is 37.4 Å². The summed E-state index contributed by atoms with van der Waals surface area (Å²) in [5.74, 6) is 1.13. The van der Waals surface area contributed by atoms with E-state index in [0.29, 0.717) is 5.92 Å². The Hall–Kier alpha value is -2.01. The van der Waals surface area contributed by atoms with Gasteiger partial charge in [-0.25, -0.2) is 14.4 Å². The zero-order chi connectivity index (χ0) is 15.8. The first-order valence-electron chi connectivity index (χ1n) is 8.34. The summed E-state index contributed by atoms with van der Waals surface area (Å²) in [7, 11) is 0. The van der Waals surface area contributed by atoms with E-state index >= 15 is 0 Å². The van der Waals surface area contributed by atoms with Gasteiger partial charge in [0.1, 0.15) is 11.6 Å². The van der Waals surface area contributed by atoms with Crippen molar-refractivity contribution >= 4 is 5.69 Å². The SMILES string of the molecule is NC1CCN(c2cnc(C3CC3)nc2-c2cccc(F)c2)CC1. The summed E-state index contributed by atoms with van der Waals surface area (Å²) < 4.78 is 13.7. The van der Waals surface area contributed by atoms with Gasteiger partial charge in [0.2, 0.25) is 0 Å². The van der Waals surface area contributed by atoms with Gasteiger partial charge in [0.25, 0.3) is 0 Å². The first kappa shape index (κ1) is 14.6. The second-order valence-electron chi connectivity index (χ2n) is 6.57. The quantitative estimate of drug-likeness (QED) is 0.946. The van der Waals surface area contributed by atoms with Gasteiger partial charge < -0.3 is 10.6 Å². The summed E-state index contributed by atoms with van der Waals surface area (Å²) in [6.07, 6.45) is 6.15. The molecule has 0 atom stereocenters. The van der Waals surface area contributed by atoms with Gasteiger partial charge in [0.05, 0.1) is 17.6 Å². The number of anilines is 1. The van der Waals surface area contributed by atoms with E-state index in [-0.39, 0.29) is 11.9 Å². The summed E-state index contributed by atoms with van der Waals surface area (Å²) in [5.41, 5.74) is 8.66. The lowest BCUT2D eigenvalue weighted by atomic mass is 10.0. The van der Waals surface area contributed by atoms with Crippen molar-refractivity contribution in [3.63, 3.8) is 0 Å². The van der Waals surface area contributed by atoms with Crippen LogP contribution in [0.15, 0.2) is 30.5 Å². The molecule has 1 aromatic heterocycles. The second kappa shape index (κ2) is 5.89. The smallest absolute Gasteiger partial charge is 0.132 e. The van der Waals surface area contributed by atoms with Gasteiger partial charge in [-0.3, -0.25) is 0 Å². The molecule has 0 radical (unpaired) electrons. The zero-order valence-electron chi connectivity index (χ0n) is 13.1. The predicted molar refractivity (Wildman–Crippen MR) is 88.8 cm³/mol. The van der Waals surface area contributed by atoms with E-state index in [4.69, 9.17) is 10.7 Å². The minimum absolute atomic E-state index is 0.235. The Bertz CT molecular complexity index is 706. The van der Waals surface area contributed by atoms with Crippen LogP contribution >= 0.6 is 0 Å². The molecule has 1 aliphatic heterocycles. The average molecular weight is 312 g/mol. The third kappa shape index (κ3) is 3.06. The van der Waals surface area contributed by atoms with Crippen molar-refractivity contribution in [1.82, 2.24) is 9.97 Å². The Morgan fingerprint density at radius 2 is 1.91 bits per heavy atom. The van der Waals surface area contributed by atoms with Crippen molar-refractivity contribution in [1.29, 1.82) is 0 Å². The Morgan fingerprint density at radius 3 is 2.61 bits per heavy atom. The molecule has 2 heterocycles. The summed E-state index contributed by atoms with van der Waals surface area (Å²) >= 11 is 0. The molecule has 2 fully saturated rings. The lowest BCUT2D eigenvalue weighted by Crippen LogP contribution is -2.40. The van der Waals surface area contributed by atoms with E-state index in [1.165, 1.54) is 6.07 Å². The molecule has 0 bridgehead atoms. The molecule has 2 N–H and O–H groups in total. The van der Waals surface area contributed by atoms with Crippen LogP contribution in [0.2, 0.25) is 0 Å². The third-order valence-corrected chi connectivity index (χ3v) is 4.71. The van der Waals surface area contributed by atoms with Gasteiger partial charge in [-0.05, 0) is 37.8 Å². The number of aromatic nitrogens is 2. The van der Waals surface area contributed by atoms with Crippen molar-refractivity contribution in [2.45, 2.75) is 37.6 Å². The maximum atomic E-state index is 13.7. The van der Waals surface area contributed by atoms with Crippen LogP contribution in [-0.2, 0) is 0 Å². The van der Waals surface area contributed by atoms with Crippen molar-refractivity contribution in [2.24, 2.45) is 5.73 Å². The van der Waals surface area contributed by atoms with E-state index in [1.54, 1.807) is 12.1 Å². The highest BCUT2D eigenvalue weighted by molar-refractivity contribution is 5.74. The molecule has 2 aliphatic rings. The normalized spacial score (nSPS) is 19.1. The largest absolute Gasteiger partial charge is 0.368 e. The number of hydrogen-bond donors (Lipinski definition) is 1. The number of nitrogens with two attached hydrogens (primary N) is 1. The zero-order valence-corrected chi connectivity index (χ0v) is 13.1. The number of benzene rings is 1. The molecule has 4 nitrogen and oxygen atoms in total. The molecule has 1 saturated carbocycles. The molecule has 120 valence electrons. The van der Waals surface area contributed by atoms with Crippen LogP contribution in [0.5, 0.6) is 0 Å². The van der Waals surface area contributed by atoms with Crippen molar-refractivity contribution in [3.8, 4) is 11.3 Å². The van der Waals surface area contributed by atoms with Gasteiger partial charge >= 0.3 is 0 Å². The Morgan fingerprint density at radius 1 is 1.13 bits per heavy atom. The Kier molecular flexibility index (Phi) is 3.73. The topological polar surface area (TPSA) is 55.0 Å². The van der Waals surface area contributed by atoms with E-state index in [0.717, 1.165) is 61.5 Å². The van der Waals surface area contributed by atoms with E-state index < -0.39 is 0 Å². The lowest BCUT2D eigenvalue weighted by Gasteiger charge is -2.32. The van der Waals surface area contributed by atoms with Gasteiger partial charge in [0.15, 0.2) is 0 Å². The minimum Gasteiger partial charge on any atom is -0.368 e. The average Bonchev–Trinajstić information content (AvgIpc) is 3.40. The Labute approximate surface area is 135 Å². The molecule has 1 aliphatic carbocycles. The number of halogens is 1. The van der Waals surface area contributed by atoms with Crippen molar-refractivity contribution in [3.05, 3.63) is 42.1 Å². The molecule has 0 spiro atoms. The summed E-state index contributed by atoms with van der Waals surface area (Å²) in [6.45, 7) is 1.80. The molecule has 4 rings (SSSR count). The molecule has 23 heavy (non-hydrogen) atoms. The van der Waals surface area contributed by atoms with Crippen molar-refractivity contribution in [2.75, 3.05) is 18.0 Å². The fourth-order valence-electron chi connectivity index (χ4n) is 3.15. The van der Waals surface area contributed by atoms with Gasteiger partial charge in [-0.1, -0.05) is 12.1 Å². The Balaban J connectivity index is 1.75. The lowest BCUT2D eigenvalue weighted by molar-refractivity contribution is 0.501. The summed E-state index contributed by atoms with van der Waals surface area (Å²) in [4.78, 5) is 11.6. The monoisotopic (exact) mass is 312 g/mol. The molecule has 0 amide bonds. The number of nitrogens with zero attached hydrogens (tertiary/aromatic N) is 3.